The van der Waals surface area contributed by atoms with E-state index in [1.54, 1.807) is 0 Å². The van der Waals surface area contributed by atoms with E-state index in [-0.39, 0.29) is 5.91 Å². The molecular weight excluding hydrogens is 390 g/mol. The van der Waals surface area contributed by atoms with Crippen molar-refractivity contribution < 1.29 is 9.21 Å². The van der Waals surface area contributed by atoms with Crippen LogP contribution < -0.4 is 0 Å². The molecule has 24 heavy (non-hydrogen) atoms. The molecule has 5 nitrogen and oxygen atoms in total. The summed E-state index contributed by atoms with van der Waals surface area (Å²) in [5.41, 5.74) is 0.856. The molecule has 3 rings (SSSR count). The Hall–Kier alpha value is -1.34. The molecule has 0 atom stereocenters. The van der Waals surface area contributed by atoms with E-state index in [0.717, 1.165) is 22.9 Å². The highest BCUT2D eigenvalue weighted by Gasteiger charge is 2.22. The fraction of sp³-hybridized carbons (Fsp3) is 0.471. The lowest BCUT2D eigenvalue weighted by Crippen LogP contribution is -2.39. The van der Waals surface area contributed by atoms with Gasteiger partial charge < -0.3 is 9.32 Å². The first-order chi connectivity index (χ1) is 11.6. The first kappa shape index (κ1) is 17.5. The first-order valence-corrected chi connectivity index (χ1v) is 9.89. The second-order valence-corrected chi connectivity index (χ2v) is 7.81. The van der Waals surface area contributed by atoms with Crippen LogP contribution in [0.25, 0.3) is 11.5 Å². The van der Waals surface area contributed by atoms with Gasteiger partial charge in [0, 0.05) is 23.1 Å². The van der Waals surface area contributed by atoms with Crippen molar-refractivity contribution >= 4 is 33.6 Å². The molecule has 0 spiro atoms. The Labute approximate surface area is 154 Å². The average molecular weight is 410 g/mol. The SMILES string of the molecule is CN(C(=O)CSc1nnc(-c2cccc(Br)c2)o1)C1CCCCC1. The number of hydrogen-bond donors (Lipinski definition) is 0. The standard InChI is InChI=1S/C17H20BrN3O2S/c1-21(14-8-3-2-4-9-14)15(22)11-24-17-20-19-16(23-17)12-6-5-7-13(18)10-12/h5-7,10,14H,2-4,8-9,11H2,1H3. The van der Waals surface area contributed by atoms with Crippen molar-refractivity contribution in [3.05, 3.63) is 28.7 Å². The van der Waals surface area contributed by atoms with Crippen molar-refractivity contribution in [2.24, 2.45) is 0 Å². The Bertz CT molecular complexity index is 701. The van der Waals surface area contributed by atoms with Gasteiger partial charge in [0.25, 0.3) is 5.22 Å². The lowest BCUT2D eigenvalue weighted by Gasteiger charge is -2.31. The average Bonchev–Trinajstić information content (AvgIpc) is 3.09. The van der Waals surface area contributed by atoms with Gasteiger partial charge in [0.05, 0.1) is 5.75 Å². The predicted molar refractivity (Wildman–Crippen MR) is 97.8 cm³/mol. The number of carbonyl (C=O) groups excluding carboxylic acids is 1. The third-order valence-corrected chi connectivity index (χ3v) is 5.61. The van der Waals surface area contributed by atoms with Crippen LogP contribution in [0.5, 0.6) is 0 Å². The maximum atomic E-state index is 12.3. The van der Waals surface area contributed by atoms with E-state index in [1.165, 1.54) is 31.0 Å². The van der Waals surface area contributed by atoms with E-state index in [2.05, 4.69) is 26.1 Å². The van der Waals surface area contributed by atoms with Crippen LogP contribution in [0.3, 0.4) is 0 Å². The highest BCUT2D eigenvalue weighted by atomic mass is 79.9. The van der Waals surface area contributed by atoms with Gasteiger partial charge >= 0.3 is 0 Å². The van der Waals surface area contributed by atoms with Gasteiger partial charge in [-0.05, 0) is 31.0 Å². The molecule has 1 amide bonds. The second kappa shape index (κ2) is 8.16. The predicted octanol–water partition coefficient (Wildman–Crippen LogP) is 4.38. The molecule has 0 N–H and O–H groups in total. The number of amides is 1. The molecular formula is C17H20BrN3O2S. The van der Waals surface area contributed by atoms with Crippen LogP contribution in [0.4, 0.5) is 0 Å². The zero-order valence-corrected chi connectivity index (χ0v) is 16.0. The fourth-order valence-electron chi connectivity index (χ4n) is 2.90. The Morgan fingerprint density at radius 1 is 1.33 bits per heavy atom. The Morgan fingerprint density at radius 2 is 2.12 bits per heavy atom. The molecule has 0 aliphatic heterocycles. The molecule has 0 bridgehead atoms. The lowest BCUT2D eigenvalue weighted by atomic mass is 9.94. The van der Waals surface area contributed by atoms with Gasteiger partial charge in [-0.1, -0.05) is 53.0 Å². The maximum absolute atomic E-state index is 12.3. The van der Waals surface area contributed by atoms with Crippen molar-refractivity contribution in [2.45, 2.75) is 43.4 Å². The maximum Gasteiger partial charge on any atom is 0.277 e. The third kappa shape index (κ3) is 4.39. The molecule has 1 heterocycles. The summed E-state index contributed by atoms with van der Waals surface area (Å²) < 4.78 is 6.60. The van der Waals surface area contributed by atoms with E-state index in [4.69, 9.17) is 4.42 Å². The number of carbonyl (C=O) groups is 1. The van der Waals surface area contributed by atoms with Gasteiger partial charge in [0.2, 0.25) is 11.8 Å². The van der Waals surface area contributed by atoms with Crippen LogP contribution >= 0.6 is 27.7 Å². The number of hydrogen-bond acceptors (Lipinski definition) is 5. The van der Waals surface area contributed by atoms with Crippen LogP contribution in [0.1, 0.15) is 32.1 Å². The normalized spacial score (nSPS) is 15.4. The molecule has 0 saturated heterocycles. The number of thioether (sulfide) groups is 1. The van der Waals surface area contributed by atoms with Crippen LogP contribution in [-0.4, -0.2) is 39.8 Å². The minimum atomic E-state index is 0.120. The van der Waals surface area contributed by atoms with Crippen molar-refractivity contribution in [3.63, 3.8) is 0 Å². The summed E-state index contributed by atoms with van der Waals surface area (Å²) in [6.07, 6.45) is 5.94. The smallest absolute Gasteiger partial charge is 0.277 e. The van der Waals surface area contributed by atoms with Gasteiger partial charge in [0.1, 0.15) is 0 Å². The van der Waals surface area contributed by atoms with E-state index >= 15 is 0 Å². The third-order valence-electron chi connectivity index (χ3n) is 4.31. The molecule has 128 valence electrons. The lowest BCUT2D eigenvalue weighted by molar-refractivity contribution is -0.129. The molecule has 1 aliphatic carbocycles. The van der Waals surface area contributed by atoms with E-state index < -0.39 is 0 Å². The molecule has 1 aliphatic rings. The summed E-state index contributed by atoms with van der Waals surface area (Å²) in [5.74, 6) is 0.911. The van der Waals surface area contributed by atoms with Crippen LogP contribution in [-0.2, 0) is 4.79 Å². The topological polar surface area (TPSA) is 59.2 Å². The molecule has 1 fully saturated rings. The Morgan fingerprint density at radius 3 is 2.88 bits per heavy atom. The zero-order chi connectivity index (χ0) is 16.9. The van der Waals surface area contributed by atoms with Gasteiger partial charge in [-0.2, -0.15) is 0 Å². The monoisotopic (exact) mass is 409 g/mol. The highest BCUT2D eigenvalue weighted by molar-refractivity contribution is 9.10. The summed E-state index contributed by atoms with van der Waals surface area (Å²) in [5, 5.41) is 8.51. The van der Waals surface area contributed by atoms with Crippen molar-refractivity contribution in [2.75, 3.05) is 12.8 Å². The van der Waals surface area contributed by atoms with Crippen LogP contribution in [0.2, 0.25) is 0 Å². The molecule has 0 radical (unpaired) electrons. The minimum Gasteiger partial charge on any atom is -0.411 e. The Kier molecular flexibility index (Phi) is 5.94. The Balaban J connectivity index is 1.56. The number of nitrogens with zero attached hydrogens (tertiary/aromatic N) is 3. The van der Waals surface area contributed by atoms with Crippen molar-refractivity contribution in [1.82, 2.24) is 15.1 Å². The van der Waals surface area contributed by atoms with Crippen molar-refractivity contribution in [3.8, 4) is 11.5 Å². The zero-order valence-electron chi connectivity index (χ0n) is 13.6. The van der Waals surface area contributed by atoms with Gasteiger partial charge in [-0.15, -0.1) is 10.2 Å². The summed E-state index contributed by atoms with van der Waals surface area (Å²) in [6, 6.07) is 8.07. The van der Waals surface area contributed by atoms with Gasteiger partial charge in [-0.25, -0.2) is 0 Å². The molecule has 7 heteroatoms. The largest absolute Gasteiger partial charge is 0.411 e. The number of benzene rings is 1. The summed E-state index contributed by atoms with van der Waals surface area (Å²) >= 11 is 4.72. The number of rotatable bonds is 5. The first-order valence-electron chi connectivity index (χ1n) is 8.11. The molecule has 1 aromatic heterocycles. The quantitative estimate of drug-likeness (QED) is 0.685. The van der Waals surface area contributed by atoms with Crippen LogP contribution in [0.15, 0.2) is 38.4 Å². The minimum absolute atomic E-state index is 0.120. The van der Waals surface area contributed by atoms with Crippen molar-refractivity contribution in [1.29, 1.82) is 0 Å². The number of aromatic nitrogens is 2. The molecule has 0 unspecified atom stereocenters. The van der Waals surface area contributed by atoms with E-state index in [0.29, 0.717) is 22.9 Å². The molecule has 1 saturated carbocycles. The fourth-order valence-corrected chi connectivity index (χ4v) is 3.99. The molecule has 1 aromatic carbocycles. The summed E-state index contributed by atoms with van der Waals surface area (Å²) in [4.78, 5) is 14.2. The van der Waals surface area contributed by atoms with Gasteiger partial charge in [-0.3, -0.25) is 4.79 Å². The summed E-state index contributed by atoms with van der Waals surface area (Å²) in [6.45, 7) is 0. The van der Waals surface area contributed by atoms with E-state index in [9.17, 15) is 4.79 Å². The van der Waals surface area contributed by atoms with E-state index in [1.807, 2.05) is 36.2 Å². The highest BCUT2D eigenvalue weighted by Crippen LogP contribution is 2.26. The van der Waals surface area contributed by atoms with Gasteiger partial charge in [0.15, 0.2) is 0 Å². The van der Waals surface area contributed by atoms with Crippen LogP contribution in [0, 0.1) is 0 Å². The number of halogens is 1. The molecule has 2 aromatic rings. The second-order valence-electron chi connectivity index (χ2n) is 5.97. The summed E-state index contributed by atoms with van der Waals surface area (Å²) in [7, 11) is 1.90.